The summed E-state index contributed by atoms with van der Waals surface area (Å²) >= 11 is 1.55. The SMILES string of the molecule is O=C(OCc1ccccc1F)C1CSCN1C(=O)C1CC1. The molecule has 2 fully saturated rings. The van der Waals surface area contributed by atoms with E-state index in [1.54, 1.807) is 34.9 Å². The Bertz CT molecular complexity index is 562. The zero-order chi connectivity index (χ0) is 14.8. The number of carbonyl (C=O) groups is 2. The minimum absolute atomic E-state index is 0.0489. The van der Waals surface area contributed by atoms with Crippen LogP contribution in [0.2, 0.25) is 0 Å². The maximum Gasteiger partial charge on any atom is 0.330 e. The highest BCUT2D eigenvalue weighted by Crippen LogP contribution is 2.34. The highest BCUT2D eigenvalue weighted by molar-refractivity contribution is 7.99. The number of hydrogen-bond donors (Lipinski definition) is 0. The number of hydrogen-bond acceptors (Lipinski definition) is 4. The van der Waals surface area contributed by atoms with E-state index in [1.807, 2.05) is 0 Å². The quantitative estimate of drug-likeness (QED) is 0.800. The molecule has 3 rings (SSSR count). The highest BCUT2D eigenvalue weighted by Gasteiger charge is 2.41. The molecular formula is C15H16FNO3S. The number of nitrogens with zero attached hydrogens (tertiary/aromatic N) is 1. The van der Waals surface area contributed by atoms with Crippen LogP contribution in [0, 0.1) is 11.7 Å². The van der Waals surface area contributed by atoms with Crippen molar-refractivity contribution in [2.24, 2.45) is 5.92 Å². The second-order valence-corrected chi connectivity index (χ2v) is 6.30. The van der Waals surface area contributed by atoms with Gasteiger partial charge in [0.25, 0.3) is 0 Å². The van der Waals surface area contributed by atoms with Gasteiger partial charge in [-0.1, -0.05) is 18.2 Å². The van der Waals surface area contributed by atoms with Crippen molar-refractivity contribution in [1.29, 1.82) is 0 Å². The lowest BCUT2D eigenvalue weighted by Gasteiger charge is -2.22. The molecule has 1 aliphatic heterocycles. The summed E-state index contributed by atoms with van der Waals surface area (Å²) in [4.78, 5) is 25.8. The molecule has 2 aliphatic rings. The first-order valence-electron chi connectivity index (χ1n) is 6.95. The molecule has 1 aliphatic carbocycles. The number of rotatable bonds is 4. The third-order valence-electron chi connectivity index (χ3n) is 3.69. The van der Waals surface area contributed by atoms with Crippen LogP contribution in [-0.4, -0.2) is 34.4 Å². The Labute approximate surface area is 126 Å². The summed E-state index contributed by atoms with van der Waals surface area (Å²) in [6.07, 6.45) is 1.83. The summed E-state index contributed by atoms with van der Waals surface area (Å²) in [5, 5.41) is 0. The summed E-state index contributed by atoms with van der Waals surface area (Å²) in [7, 11) is 0. The van der Waals surface area contributed by atoms with Crippen molar-refractivity contribution in [3.05, 3.63) is 35.6 Å². The van der Waals surface area contributed by atoms with Crippen LogP contribution < -0.4 is 0 Å². The third kappa shape index (κ3) is 3.20. The van der Waals surface area contributed by atoms with Crippen LogP contribution in [0.5, 0.6) is 0 Å². The molecule has 1 saturated heterocycles. The van der Waals surface area contributed by atoms with Crippen molar-refractivity contribution >= 4 is 23.6 Å². The minimum Gasteiger partial charge on any atom is -0.459 e. The van der Waals surface area contributed by atoms with Crippen molar-refractivity contribution in [2.75, 3.05) is 11.6 Å². The highest BCUT2D eigenvalue weighted by atomic mass is 32.2. The first-order valence-corrected chi connectivity index (χ1v) is 8.10. The smallest absolute Gasteiger partial charge is 0.330 e. The van der Waals surface area contributed by atoms with Gasteiger partial charge in [-0.25, -0.2) is 9.18 Å². The van der Waals surface area contributed by atoms with Crippen molar-refractivity contribution in [3.8, 4) is 0 Å². The topological polar surface area (TPSA) is 46.6 Å². The summed E-state index contributed by atoms with van der Waals surface area (Å²) in [5.41, 5.74) is 0.344. The van der Waals surface area contributed by atoms with E-state index in [9.17, 15) is 14.0 Å². The zero-order valence-corrected chi connectivity index (χ0v) is 12.3. The number of benzene rings is 1. The normalized spacial score (nSPS) is 21.4. The molecule has 1 amide bonds. The Balaban J connectivity index is 1.59. The molecule has 112 valence electrons. The van der Waals surface area contributed by atoms with Crippen LogP contribution >= 0.6 is 11.8 Å². The lowest BCUT2D eigenvalue weighted by molar-refractivity contribution is -0.154. The minimum atomic E-state index is -0.533. The second kappa shape index (κ2) is 6.05. The van der Waals surface area contributed by atoms with E-state index in [1.165, 1.54) is 6.07 Å². The number of carbonyl (C=O) groups excluding carboxylic acids is 2. The number of ether oxygens (including phenoxy) is 1. The van der Waals surface area contributed by atoms with Gasteiger partial charge in [-0.05, 0) is 18.9 Å². The molecule has 1 aromatic carbocycles. The van der Waals surface area contributed by atoms with Gasteiger partial charge < -0.3 is 9.64 Å². The van der Waals surface area contributed by atoms with Gasteiger partial charge in [0.05, 0.1) is 5.88 Å². The van der Waals surface area contributed by atoms with Gasteiger partial charge in [0.15, 0.2) is 0 Å². The van der Waals surface area contributed by atoms with Gasteiger partial charge >= 0.3 is 5.97 Å². The van der Waals surface area contributed by atoms with Gasteiger partial charge in [0, 0.05) is 17.2 Å². The zero-order valence-electron chi connectivity index (χ0n) is 11.5. The molecule has 4 nitrogen and oxygen atoms in total. The van der Waals surface area contributed by atoms with E-state index < -0.39 is 17.8 Å². The van der Waals surface area contributed by atoms with Crippen LogP contribution in [0.4, 0.5) is 4.39 Å². The fourth-order valence-electron chi connectivity index (χ4n) is 2.28. The number of amides is 1. The molecule has 6 heteroatoms. The molecule has 0 spiro atoms. The van der Waals surface area contributed by atoms with Crippen LogP contribution in [0.1, 0.15) is 18.4 Å². The monoisotopic (exact) mass is 309 g/mol. The van der Waals surface area contributed by atoms with E-state index >= 15 is 0 Å². The molecule has 1 heterocycles. The predicted molar refractivity (Wildman–Crippen MR) is 76.9 cm³/mol. The van der Waals surface area contributed by atoms with E-state index in [0.29, 0.717) is 17.2 Å². The second-order valence-electron chi connectivity index (χ2n) is 5.30. The predicted octanol–water partition coefficient (Wildman–Crippen LogP) is 2.18. The molecule has 1 unspecified atom stereocenters. The Morgan fingerprint density at radius 2 is 2.10 bits per heavy atom. The standard InChI is InChI=1S/C15H16FNO3S/c16-12-4-2-1-3-11(12)7-20-15(19)13-8-21-9-17(13)14(18)10-5-6-10/h1-4,10,13H,5-9H2. The average Bonchev–Trinajstić information content (AvgIpc) is 3.22. The maximum atomic E-state index is 13.5. The third-order valence-corrected chi connectivity index (χ3v) is 4.70. The van der Waals surface area contributed by atoms with E-state index in [4.69, 9.17) is 4.74 Å². The van der Waals surface area contributed by atoms with Crippen LogP contribution in [0.15, 0.2) is 24.3 Å². The summed E-state index contributed by atoms with van der Waals surface area (Å²) in [5.74, 6) is 0.385. The molecular weight excluding hydrogens is 293 g/mol. The van der Waals surface area contributed by atoms with Crippen molar-refractivity contribution < 1.29 is 18.7 Å². The van der Waals surface area contributed by atoms with E-state index in [0.717, 1.165) is 12.8 Å². The van der Waals surface area contributed by atoms with Crippen molar-refractivity contribution in [3.63, 3.8) is 0 Å². The number of halogens is 1. The molecule has 0 aromatic heterocycles. The van der Waals surface area contributed by atoms with Gasteiger partial charge in [0.1, 0.15) is 18.5 Å². The van der Waals surface area contributed by atoms with Crippen molar-refractivity contribution in [1.82, 2.24) is 4.90 Å². The Morgan fingerprint density at radius 3 is 2.81 bits per heavy atom. The summed E-state index contributed by atoms with van der Waals surface area (Å²) in [6, 6.07) is 5.66. The maximum absolute atomic E-state index is 13.5. The van der Waals surface area contributed by atoms with Gasteiger partial charge in [-0.2, -0.15) is 0 Å². The lowest BCUT2D eigenvalue weighted by atomic mass is 10.2. The molecule has 1 atom stereocenters. The molecule has 1 aromatic rings. The summed E-state index contributed by atoms with van der Waals surface area (Å²) in [6.45, 7) is -0.0991. The number of thioether (sulfide) groups is 1. The molecule has 0 radical (unpaired) electrons. The molecule has 0 bridgehead atoms. The molecule has 0 N–H and O–H groups in total. The Morgan fingerprint density at radius 1 is 1.33 bits per heavy atom. The van der Waals surface area contributed by atoms with E-state index in [2.05, 4.69) is 0 Å². The fourth-order valence-corrected chi connectivity index (χ4v) is 3.43. The lowest BCUT2D eigenvalue weighted by Crippen LogP contribution is -2.43. The van der Waals surface area contributed by atoms with Crippen LogP contribution in [-0.2, 0) is 20.9 Å². The first kappa shape index (κ1) is 14.4. The molecule has 21 heavy (non-hydrogen) atoms. The van der Waals surface area contributed by atoms with E-state index in [-0.39, 0.29) is 18.4 Å². The average molecular weight is 309 g/mol. The number of esters is 1. The van der Waals surface area contributed by atoms with Crippen LogP contribution in [0.3, 0.4) is 0 Å². The van der Waals surface area contributed by atoms with Crippen molar-refractivity contribution in [2.45, 2.75) is 25.5 Å². The fraction of sp³-hybridized carbons (Fsp3) is 0.467. The largest absolute Gasteiger partial charge is 0.459 e. The van der Waals surface area contributed by atoms with Gasteiger partial charge in [-0.15, -0.1) is 11.8 Å². The van der Waals surface area contributed by atoms with Crippen LogP contribution in [0.25, 0.3) is 0 Å². The Kier molecular flexibility index (Phi) is 4.14. The Hall–Kier alpha value is -1.56. The first-order chi connectivity index (χ1) is 10.2. The summed E-state index contributed by atoms with van der Waals surface area (Å²) < 4.78 is 18.7. The van der Waals surface area contributed by atoms with Gasteiger partial charge in [-0.3, -0.25) is 4.79 Å². The van der Waals surface area contributed by atoms with Gasteiger partial charge in [0.2, 0.25) is 5.91 Å². The molecule has 1 saturated carbocycles.